The maximum Gasteiger partial charge on any atom is 0.0713 e. The number of hydrogen-bond donors (Lipinski definition) is 0. The number of para-hydroxylation sites is 1. The molecule has 12 rings (SSSR count). The average Bonchev–Trinajstić information content (AvgIpc) is 3.70. The quantitative estimate of drug-likeness (QED) is 0.140. The van der Waals surface area contributed by atoms with Gasteiger partial charge in [-0.05, 0) is 126 Å². The first kappa shape index (κ1) is 39.1. The van der Waals surface area contributed by atoms with Crippen molar-refractivity contribution in [3.05, 3.63) is 295 Å². The fourth-order valence-electron chi connectivity index (χ4n) is 10.6. The molecule has 0 saturated heterocycles. The van der Waals surface area contributed by atoms with Gasteiger partial charge in [-0.3, -0.25) is 0 Å². The van der Waals surface area contributed by atoms with Crippen LogP contribution in [0.1, 0.15) is 22.3 Å². The first-order valence-electron chi connectivity index (χ1n) is 22.8. The Morgan fingerprint density at radius 2 is 0.758 bits per heavy atom. The Hall–Kier alpha value is -8.52. The van der Waals surface area contributed by atoms with Gasteiger partial charge < -0.3 is 4.90 Å². The second kappa shape index (κ2) is 16.6. The van der Waals surface area contributed by atoms with Crippen LogP contribution in [0.25, 0.3) is 66.4 Å². The predicted octanol–water partition coefficient (Wildman–Crippen LogP) is 17.3. The van der Waals surface area contributed by atoms with Crippen LogP contribution in [-0.4, -0.2) is 0 Å². The monoisotopic (exact) mass is 839 g/mol. The topological polar surface area (TPSA) is 3.24 Å². The van der Waals surface area contributed by atoms with Crippen LogP contribution in [0.2, 0.25) is 0 Å². The van der Waals surface area contributed by atoms with E-state index in [1.165, 1.54) is 77.5 Å². The number of hydrogen-bond acceptors (Lipinski definition) is 1. The van der Waals surface area contributed by atoms with Gasteiger partial charge >= 0.3 is 0 Å². The molecule has 66 heavy (non-hydrogen) atoms. The van der Waals surface area contributed by atoms with Crippen molar-refractivity contribution in [3.63, 3.8) is 0 Å². The van der Waals surface area contributed by atoms with E-state index in [0.717, 1.165) is 28.2 Å². The summed E-state index contributed by atoms with van der Waals surface area (Å²) in [5.74, 6) is 0. The molecule has 0 amide bonds. The number of benzene rings is 11. The summed E-state index contributed by atoms with van der Waals surface area (Å²) in [7, 11) is 0. The van der Waals surface area contributed by atoms with Crippen molar-refractivity contribution >= 4 is 27.8 Å². The van der Waals surface area contributed by atoms with E-state index in [-0.39, 0.29) is 0 Å². The van der Waals surface area contributed by atoms with Gasteiger partial charge in [0.2, 0.25) is 0 Å². The first-order chi connectivity index (χ1) is 32.7. The van der Waals surface area contributed by atoms with Gasteiger partial charge in [-0.1, -0.05) is 231 Å². The smallest absolute Gasteiger partial charge is 0.0713 e. The summed E-state index contributed by atoms with van der Waals surface area (Å²) in [4.78, 5) is 2.42. The van der Waals surface area contributed by atoms with E-state index in [1.54, 1.807) is 0 Å². The van der Waals surface area contributed by atoms with E-state index < -0.39 is 5.41 Å². The second-order valence-electron chi connectivity index (χ2n) is 17.2. The predicted molar refractivity (Wildman–Crippen MR) is 278 cm³/mol. The molecule has 0 heterocycles. The van der Waals surface area contributed by atoms with Gasteiger partial charge in [0.05, 0.1) is 11.1 Å². The van der Waals surface area contributed by atoms with E-state index in [4.69, 9.17) is 0 Å². The molecule has 0 aliphatic heterocycles. The number of fused-ring (bicyclic) bond motifs is 4. The maximum absolute atomic E-state index is 2.45. The van der Waals surface area contributed by atoms with Crippen molar-refractivity contribution in [2.24, 2.45) is 0 Å². The van der Waals surface area contributed by atoms with Crippen molar-refractivity contribution < 1.29 is 0 Å². The zero-order valence-corrected chi connectivity index (χ0v) is 36.4. The van der Waals surface area contributed by atoms with Crippen LogP contribution in [-0.2, 0) is 5.41 Å². The van der Waals surface area contributed by atoms with Crippen LogP contribution in [0.15, 0.2) is 273 Å². The highest BCUT2D eigenvalue weighted by Crippen LogP contribution is 2.57. The fourth-order valence-corrected chi connectivity index (χ4v) is 10.6. The van der Waals surface area contributed by atoms with Gasteiger partial charge in [0.25, 0.3) is 0 Å². The van der Waals surface area contributed by atoms with Crippen LogP contribution in [0.5, 0.6) is 0 Å². The second-order valence-corrected chi connectivity index (χ2v) is 17.2. The molecule has 0 atom stereocenters. The average molecular weight is 840 g/mol. The molecule has 11 aromatic rings. The van der Waals surface area contributed by atoms with Crippen molar-refractivity contribution in [3.8, 4) is 55.6 Å². The third-order valence-electron chi connectivity index (χ3n) is 13.5. The highest BCUT2D eigenvalue weighted by molar-refractivity contribution is 5.98. The van der Waals surface area contributed by atoms with Gasteiger partial charge in [-0.2, -0.15) is 0 Å². The SMILES string of the molecule is c1ccc(-c2cccc(N(c3ccc(-c4ccc5c(c4)C(c4ccccc4)(c4ccccc4)c4ccccc4-5)cc3)c3ccccc3-c3cccc(-c4cccc5ccccc45)c3)c2)cc1. The molecule has 0 unspecified atom stereocenters. The highest BCUT2D eigenvalue weighted by atomic mass is 15.1. The minimum Gasteiger partial charge on any atom is -0.310 e. The van der Waals surface area contributed by atoms with Crippen molar-refractivity contribution in [1.29, 1.82) is 0 Å². The van der Waals surface area contributed by atoms with Gasteiger partial charge in [0, 0.05) is 16.9 Å². The molecule has 1 heteroatoms. The Morgan fingerprint density at radius 1 is 0.258 bits per heavy atom. The molecule has 1 aliphatic rings. The third-order valence-corrected chi connectivity index (χ3v) is 13.5. The summed E-state index contributed by atoms with van der Waals surface area (Å²) in [6.45, 7) is 0. The van der Waals surface area contributed by atoms with Gasteiger partial charge in [-0.25, -0.2) is 0 Å². The molecule has 0 fully saturated rings. The minimum absolute atomic E-state index is 0.459. The molecule has 310 valence electrons. The Morgan fingerprint density at radius 3 is 1.53 bits per heavy atom. The third kappa shape index (κ3) is 6.64. The normalized spacial score (nSPS) is 12.4. The lowest BCUT2D eigenvalue weighted by molar-refractivity contribution is 0.769. The minimum atomic E-state index is -0.459. The van der Waals surface area contributed by atoms with E-state index in [2.05, 4.69) is 278 Å². The van der Waals surface area contributed by atoms with E-state index in [9.17, 15) is 0 Å². The summed E-state index contributed by atoms with van der Waals surface area (Å²) in [6.07, 6.45) is 0. The molecule has 0 bridgehead atoms. The van der Waals surface area contributed by atoms with Crippen molar-refractivity contribution in [2.45, 2.75) is 5.41 Å². The molecule has 1 aliphatic carbocycles. The van der Waals surface area contributed by atoms with Crippen LogP contribution in [0.3, 0.4) is 0 Å². The molecule has 0 radical (unpaired) electrons. The summed E-state index contributed by atoms with van der Waals surface area (Å²) in [5.41, 5.74) is 20.0. The molecular weight excluding hydrogens is 795 g/mol. The highest BCUT2D eigenvalue weighted by Gasteiger charge is 2.46. The van der Waals surface area contributed by atoms with E-state index in [1.807, 2.05) is 0 Å². The summed E-state index contributed by atoms with van der Waals surface area (Å²) in [5, 5.41) is 2.49. The first-order valence-corrected chi connectivity index (χ1v) is 22.8. The van der Waals surface area contributed by atoms with Crippen LogP contribution in [0, 0.1) is 0 Å². The number of rotatable bonds is 9. The molecule has 0 saturated carbocycles. The largest absolute Gasteiger partial charge is 0.310 e. The number of anilines is 3. The summed E-state index contributed by atoms with van der Waals surface area (Å²) >= 11 is 0. The molecule has 1 nitrogen and oxygen atoms in total. The number of nitrogens with zero attached hydrogens (tertiary/aromatic N) is 1. The molecule has 11 aromatic carbocycles. The van der Waals surface area contributed by atoms with Crippen molar-refractivity contribution in [2.75, 3.05) is 4.90 Å². The van der Waals surface area contributed by atoms with Gasteiger partial charge in [0.1, 0.15) is 0 Å². The van der Waals surface area contributed by atoms with Crippen LogP contribution in [0.4, 0.5) is 17.1 Å². The van der Waals surface area contributed by atoms with Crippen LogP contribution < -0.4 is 4.90 Å². The van der Waals surface area contributed by atoms with Crippen molar-refractivity contribution in [1.82, 2.24) is 0 Å². The molecule has 0 spiro atoms. The Labute approximate surface area is 387 Å². The lowest BCUT2D eigenvalue weighted by Crippen LogP contribution is -2.28. The summed E-state index contributed by atoms with van der Waals surface area (Å²) in [6, 6.07) is 100.0. The van der Waals surface area contributed by atoms with Gasteiger partial charge in [0.15, 0.2) is 0 Å². The standard InChI is InChI=1S/C65H45N/c1-4-19-46(20-5-1)49-23-17-30-56(44-49)66(64-36-15-13-32-59(64)52-25-16-24-51(43-52)58-34-18-22-48-21-10-11-31-57(48)58)55-40-37-47(38-41-55)50-39-42-61-60-33-12-14-35-62(60)65(63(61)45-50,53-26-6-2-7-27-53)54-28-8-3-9-29-54/h1-45H. The molecule has 0 N–H and O–H groups in total. The zero-order valence-electron chi connectivity index (χ0n) is 36.4. The molecular formula is C65H45N. The van der Waals surface area contributed by atoms with Crippen LogP contribution >= 0.6 is 0 Å². The summed E-state index contributed by atoms with van der Waals surface area (Å²) < 4.78 is 0. The lowest BCUT2D eigenvalue weighted by atomic mass is 9.67. The maximum atomic E-state index is 2.45. The molecule has 0 aromatic heterocycles. The van der Waals surface area contributed by atoms with E-state index >= 15 is 0 Å². The Balaban J connectivity index is 0.995. The zero-order chi connectivity index (χ0) is 43.9. The van der Waals surface area contributed by atoms with E-state index in [0.29, 0.717) is 0 Å². The Bertz CT molecular complexity index is 3470. The fraction of sp³-hybridized carbons (Fsp3) is 0.0154. The van der Waals surface area contributed by atoms with Gasteiger partial charge in [-0.15, -0.1) is 0 Å². The Kier molecular flexibility index (Phi) is 9.81. The lowest BCUT2D eigenvalue weighted by Gasteiger charge is -2.34.